The van der Waals surface area contributed by atoms with Crippen LogP contribution in [-0.4, -0.2) is 5.11 Å². The molecule has 2 aromatic rings. The van der Waals surface area contributed by atoms with Gasteiger partial charge >= 0.3 is 0 Å². The molecule has 0 aliphatic carbocycles. The lowest BCUT2D eigenvalue weighted by atomic mass is 10.1. The second-order valence-electron chi connectivity index (χ2n) is 4.63. The zero-order valence-electron chi connectivity index (χ0n) is 11.1. The maximum Gasteiger partial charge on any atom is 0.120 e. The Hall–Kier alpha value is -1.51. The summed E-state index contributed by atoms with van der Waals surface area (Å²) in [5.41, 5.74) is 2.92. The minimum absolute atomic E-state index is 0.419. The number of aliphatic hydroxyl groups excluding tert-OH is 1. The van der Waals surface area contributed by atoms with Crippen LogP contribution in [0.15, 0.2) is 42.5 Å². The molecule has 1 N–H and O–H groups in total. The number of hydrogen-bond acceptors (Lipinski definition) is 2. The van der Waals surface area contributed by atoms with Crippen molar-refractivity contribution in [2.75, 3.05) is 0 Å². The number of hydrogen-bond donors (Lipinski definition) is 1. The van der Waals surface area contributed by atoms with Gasteiger partial charge in [0.1, 0.15) is 12.4 Å². The topological polar surface area (TPSA) is 29.5 Å². The van der Waals surface area contributed by atoms with Crippen LogP contribution < -0.4 is 4.74 Å². The Labute approximate surface area is 118 Å². The molecular formula is C16H17ClO2. The van der Waals surface area contributed by atoms with Crippen molar-refractivity contribution in [3.8, 4) is 5.75 Å². The smallest absolute Gasteiger partial charge is 0.120 e. The van der Waals surface area contributed by atoms with Crippen LogP contribution in [0.2, 0.25) is 5.02 Å². The second-order valence-corrected chi connectivity index (χ2v) is 5.04. The molecule has 2 nitrogen and oxygen atoms in total. The quantitative estimate of drug-likeness (QED) is 0.903. The lowest BCUT2D eigenvalue weighted by Gasteiger charge is -2.10. The van der Waals surface area contributed by atoms with Crippen molar-refractivity contribution >= 4 is 11.6 Å². The predicted octanol–water partition coefficient (Wildman–Crippen LogP) is 4.28. The van der Waals surface area contributed by atoms with Crippen LogP contribution in [-0.2, 0) is 6.61 Å². The van der Waals surface area contributed by atoms with E-state index in [0.717, 1.165) is 22.4 Å². The van der Waals surface area contributed by atoms with Gasteiger partial charge in [-0.2, -0.15) is 0 Å². The van der Waals surface area contributed by atoms with Crippen LogP contribution in [0.5, 0.6) is 5.75 Å². The zero-order chi connectivity index (χ0) is 13.8. The van der Waals surface area contributed by atoms with Gasteiger partial charge in [-0.15, -0.1) is 0 Å². The number of rotatable bonds is 4. The maximum absolute atomic E-state index is 9.53. The first kappa shape index (κ1) is 13.9. The molecule has 2 aromatic carbocycles. The molecule has 19 heavy (non-hydrogen) atoms. The van der Waals surface area contributed by atoms with Gasteiger partial charge in [-0.05, 0) is 43.2 Å². The van der Waals surface area contributed by atoms with Crippen LogP contribution in [0.3, 0.4) is 0 Å². The van der Waals surface area contributed by atoms with Crippen LogP contribution >= 0.6 is 11.6 Å². The fourth-order valence-electron chi connectivity index (χ4n) is 1.79. The minimum Gasteiger partial charge on any atom is -0.489 e. The highest BCUT2D eigenvalue weighted by Gasteiger charge is 2.04. The molecule has 0 amide bonds. The van der Waals surface area contributed by atoms with E-state index in [4.69, 9.17) is 16.3 Å². The normalized spacial score (nSPS) is 12.2. The standard InChI is InChI=1S/C16H17ClO2/c1-11-6-7-14(16(17)8-11)10-19-15-5-3-4-13(9-15)12(2)18/h3-9,12,18H,10H2,1-2H3/t12-/m1/s1. The van der Waals surface area contributed by atoms with Crippen molar-refractivity contribution in [2.45, 2.75) is 26.6 Å². The molecule has 0 fully saturated rings. The summed E-state index contributed by atoms with van der Waals surface area (Å²) in [6.07, 6.45) is -0.494. The van der Waals surface area contributed by atoms with Crippen LogP contribution in [0.1, 0.15) is 29.7 Å². The number of aliphatic hydroxyl groups is 1. The van der Waals surface area contributed by atoms with Crippen LogP contribution in [0.25, 0.3) is 0 Å². The number of ether oxygens (including phenoxy) is 1. The first-order valence-corrected chi connectivity index (χ1v) is 6.60. The summed E-state index contributed by atoms with van der Waals surface area (Å²) in [7, 11) is 0. The number of aryl methyl sites for hydroxylation is 1. The summed E-state index contributed by atoms with van der Waals surface area (Å²) in [6.45, 7) is 4.15. The average Bonchev–Trinajstić information content (AvgIpc) is 2.38. The molecule has 0 saturated heterocycles. The summed E-state index contributed by atoms with van der Waals surface area (Å²) >= 11 is 6.16. The minimum atomic E-state index is -0.494. The van der Waals surface area contributed by atoms with Gasteiger partial charge in [-0.1, -0.05) is 35.9 Å². The molecule has 0 heterocycles. The Kier molecular flexibility index (Phi) is 4.46. The summed E-state index contributed by atoms with van der Waals surface area (Å²) in [5, 5.41) is 10.2. The van der Waals surface area contributed by atoms with Gasteiger partial charge in [0.25, 0.3) is 0 Å². The summed E-state index contributed by atoms with van der Waals surface area (Å²) in [6, 6.07) is 13.4. The Morgan fingerprint density at radius 1 is 1.21 bits per heavy atom. The van der Waals surface area contributed by atoms with Gasteiger partial charge in [0, 0.05) is 10.6 Å². The molecule has 0 aromatic heterocycles. The molecule has 0 aliphatic rings. The Morgan fingerprint density at radius 3 is 2.68 bits per heavy atom. The number of halogens is 1. The largest absolute Gasteiger partial charge is 0.489 e. The van der Waals surface area contributed by atoms with Crippen molar-refractivity contribution in [2.24, 2.45) is 0 Å². The fraction of sp³-hybridized carbons (Fsp3) is 0.250. The van der Waals surface area contributed by atoms with Gasteiger partial charge in [-0.25, -0.2) is 0 Å². The van der Waals surface area contributed by atoms with E-state index in [2.05, 4.69) is 0 Å². The van der Waals surface area contributed by atoms with Gasteiger partial charge < -0.3 is 9.84 Å². The molecule has 0 saturated carbocycles. The Bertz CT molecular complexity index is 564. The monoisotopic (exact) mass is 276 g/mol. The first-order chi connectivity index (χ1) is 9.06. The van der Waals surface area contributed by atoms with E-state index in [0.29, 0.717) is 11.6 Å². The van der Waals surface area contributed by atoms with E-state index in [9.17, 15) is 5.11 Å². The van der Waals surface area contributed by atoms with Crippen molar-refractivity contribution in [1.29, 1.82) is 0 Å². The van der Waals surface area contributed by atoms with E-state index in [1.165, 1.54) is 0 Å². The molecule has 0 aliphatic heterocycles. The SMILES string of the molecule is Cc1ccc(COc2cccc([C@@H](C)O)c2)c(Cl)c1. The van der Waals surface area contributed by atoms with E-state index in [1.54, 1.807) is 6.92 Å². The summed E-state index contributed by atoms with van der Waals surface area (Å²) in [4.78, 5) is 0. The molecule has 1 atom stereocenters. The molecule has 0 spiro atoms. The molecule has 0 radical (unpaired) electrons. The van der Waals surface area contributed by atoms with Gasteiger partial charge in [-0.3, -0.25) is 0 Å². The summed E-state index contributed by atoms with van der Waals surface area (Å²) < 4.78 is 5.71. The average molecular weight is 277 g/mol. The lowest BCUT2D eigenvalue weighted by Crippen LogP contribution is -1.98. The van der Waals surface area contributed by atoms with E-state index < -0.39 is 6.10 Å². The molecule has 100 valence electrons. The van der Waals surface area contributed by atoms with E-state index >= 15 is 0 Å². The Balaban J connectivity index is 2.08. The van der Waals surface area contributed by atoms with Crippen LogP contribution in [0, 0.1) is 6.92 Å². The number of benzene rings is 2. The van der Waals surface area contributed by atoms with Crippen molar-refractivity contribution in [3.63, 3.8) is 0 Å². The second kappa shape index (κ2) is 6.09. The molecule has 0 unspecified atom stereocenters. The molecule has 0 bridgehead atoms. The highest BCUT2D eigenvalue weighted by atomic mass is 35.5. The third-order valence-corrected chi connectivity index (χ3v) is 3.30. The highest BCUT2D eigenvalue weighted by Crippen LogP contribution is 2.22. The van der Waals surface area contributed by atoms with Gasteiger partial charge in [0.2, 0.25) is 0 Å². The molecule has 2 rings (SSSR count). The lowest BCUT2D eigenvalue weighted by molar-refractivity contribution is 0.198. The summed E-state index contributed by atoms with van der Waals surface area (Å²) in [5.74, 6) is 0.732. The fourth-order valence-corrected chi connectivity index (χ4v) is 2.08. The third kappa shape index (κ3) is 3.72. The van der Waals surface area contributed by atoms with Crippen LogP contribution in [0.4, 0.5) is 0 Å². The van der Waals surface area contributed by atoms with E-state index in [-0.39, 0.29) is 0 Å². The third-order valence-electron chi connectivity index (χ3n) is 2.94. The van der Waals surface area contributed by atoms with E-state index in [1.807, 2.05) is 49.4 Å². The molecule has 3 heteroatoms. The Morgan fingerprint density at radius 2 is 2.00 bits per heavy atom. The predicted molar refractivity (Wildman–Crippen MR) is 77.6 cm³/mol. The van der Waals surface area contributed by atoms with Gasteiger partial charge in [0.05, 0.1) is 6.10 Å². The zero-order valence-corrected chi connectivity index (χ0v) is 11.8. The first-order valence-electron chi connectivity index (χ1n) is 6.22. The van der Waals surface area contributed by atoms with Crippen molar-refractivity contribution < 1.29 is 9.84 Å². The van der Waals surface area contributed by atoms with Gasteiger partial charge in [0.15, 0.2) is 0 Å². The molecular weight excluding hydrogens is 260 g/mol. The van der Waals surface area contributed by atoms with Crippen molar-refractivity contribution in [3.05, 3.63) is 64.2 Å². The maximum atomic E-state index is 9.53. The van der Waals surface area contributed by atoms with Crippen molar-refractivity contribution in [1.82, 2.24) is 0 Å². The highest BCUT2D eigenvalue weighted by molar-refractivity contribution is 6.31.